The Hall–Kier alpha value is -2.04. The van der Waals surface area contributed by atoms with Gasteiger partial charge in [-0.25, -0.2) is 0 Å². The molecule has 3 rings (SSSR count). The van der Waals surface area contributed by atoms with Crippen molar-refractivity contribution in [1.82, 2.24) is 5.32 Å². The summed E-state index contributed by atoms with van der Waals surface area (Å²) in [4.78, 5) is 12.4. The van der Waals surface area contributed by atoms with Gasteiger partial charge in [0, 0.05) is 12.5 Å². The minimum Gasteiger partial charge on any atom is -0.497 e. The Morgan fingerprint density at radius 2 is 1.92 bits per heavy atom. The number of rotatable bonds is 6. The molecule has 2 aromatic rings. The molecule has 1 fully saturated rings. The average Bonchev–Trinajstić information content (AvgIpc) is 3.15. The van der Waals surface area contributed by atoms with Crippen molar-refractivity contribution in [3.63, 3.8) is 0 Å². The van der Waals surface area contributed by atoms with Crippen LogP contribution in [0.15, 0.2) is 48.5 Å². The molecule has 26 heavy (non-hydrogen) atoms. The first-order valence-electron chi connectivity index (χ1n) is 8.92. The van der Waals surface area contributed by atoms with Crippen molar-refractivity contribution in [2.75, 3.05) is 13.7 Å². The molecule has 3 N–H and O–H groups in total. The number of benzene rings is 2. The molecular weight excluding hydrogens is 348 g/mol. The van der Waals surface area contributed by atoms with E-state index in [1.165, 1.54) is 0 Å². The first-order valence-corrected chi connectivity index (χ1v) is 8.92. The normalized spacial score (nSPS) is 18.8. The molecule has 4 nitrogen and oxygen atoms in total. The Balaban J connectivity index is 0.00000243. The Morgan fingerprint density at radius 3 is 2.62 bits per heavy atom. The number of hydrogen-bond acceptors (Lipinski definition) is 3. The predicted octanol–water partition coefficient (Wildman–Crippen LogP) is 3.78. The third-order valence-electron chi connectivity index (χ3n) is 5.12. The van der Waals surface area contributed by atoms with Crippen LogP contribution in [-0.4, -0.2) is 19.6 Å². The van der Waals surface area contributed by atoms with Gasteiger partial charge in [0.1, 0.15) is 5.75 Å². The lowest BCUT2D eigenvalue weighted by Crippen LogP contribution is -2.34. The number of carbonyl (C=O) groups excluding carboxylic acids is 1. The summed E-state index contributed by atoms with van der Waals surface area (Å²) in [6.45, 7) is 1.17. The summed E-state index contributed by atoms with van der Waals surface area (Å²) in [5.74, 6) is 1.42. The molecule has 0 bridgehead atoms. The summed E-state index contributed by atoms with van der Waals surface area (Å²) in [5, 5.41) is 3.07. The van der Waals surface area contributed by atoms with E-state index in [4.69, 9.17) is 10.5 Å². The summed E-state index contributed by atoms with van der Waals surface area (Å²) >= 11 is 0. The molecule has 0 aliphatic heterocycles. The van der Waals surface area contributed by atoms with Crippen LogP contribution in [0.1, 0.15) is 24.8 Å². The van der Waals surface area contributed by atoms with Gasteiger partial charge in [-0.3, -0.25) is 4.79 Å². The highest BCUT2D eigenvalue weighted by molar-refractivity contribution is 5.85. The molecule has 0 aromatic heterocycles. The maximum Gasteiger partial charge on any atom is 0.223 e. The first-order chi connectivity index (χ1) is 12.2. The average molecular weight is 375 g/mol. The second-order valence-electron chi connectivity index (χ2n) is 6.68. The highest BCUT2D eigenvalue weighted by atomic mass is 35.5. The molecule has 5 heteroatoms. The second kappa shape index (κ2) is 9.60. The lowest BCUT2D eigenvalue weighted by Gasteiger charge is -2.17. The topological polar surface area (TPSA) is 64.3 Å². The number of amides is 1. The number of hydrogen-bond donors (Lipinski definition) is 2. The quantitative estimate of drug-likeness (QED) is 0.808. The molecule has 1 saturated carbocycles. The zero-order chi connectivity index (χ0) is 17.6. The van der Waals surface area contributed by atoms with Gasteiger partial charge in [-0.1, -0.05) is 42.8 Å². The van der Waals surface area contributed by atoms with Crippen LogP contribution in [0.3, 0.4) is 0 Å². The zero-order valence-electron chi connectivity index (χ0n) is 15.1. The van der Waals surface area contributed by atoms with Crippen LogP contribution in [0.4, 0.5) is 0 Å². The van der Waals surface area contributed by atoms with Crippen LogP contribution >= 0.6 is 12.4 Å². The molecule has 0 spiro atoms. The van der Waals surface area contributed by atoms with E-state index in [2.05, 4.69) is 35.6 Å². The van der Waals surface area contributed by atoms with Gasteiger partial charge >= 0.3 is 0 Å². The van der Waals surface area contributed by atoms with Gasteiger partial charge in [-0.05, 0) is 54.1 Å². The maximum atomic E-state index is 12.4. The minimum absolute atomic E-state index is 0. The van der Waals surface area contributed by atoms with Crippen LogP contribution in [0, 0.1) is 11.8 Å². The molecule has 2 atom stereocenters. The van der Waals surface area contributed by atoms with E-state index < -0.39 is 0 Å². The predicted molar refractivity (Wildman–Crippen MR) is 107 cm³/mol. The molecule has 0 unspecified atom stereocenters. The highest BCUT2D eigenvalue weighted by Crippen LogP contribution is 2.31. The largest absolute Gasteiger partial charge is 0.497 e. The van der Waals surface area contributed by atoms with Crippen molar-refractivity contribution in [2.24, 2.45) is 17.6 Å². The van der Waals surface area contributed by atoms with E-state index >= 15 is 0 Å². The number of nitrogens with one attached hydrogen (secondary N) is 1. The molecule has 1 aliphatic carbocycles. The third-order valence-corrected chi connectivity index (χ3v) is 5.12. The monoisotopic (exact) mass is 374 g/mol. The van der Waals surface area contributed by atoms with Crippen molar-refractivity contribution in [2.45, 2.75) is 25.8 Å². The second-order valence-corrected chi connectivity index (χ2v) is 6.68. The fraction of sp³-hybridized carbons (Fsp3) is 0.381. The fourth-order valence-electron chi connectivity index (χ4n) is 3.60. The van der Waals surface area contributed by atoms with Gasteiger partial charge in [0.05, 0.1) is 7.11 Å². The van der Waals surface area contributed by atoms with E-state index in [0.29, 0.717) is 19.0 Å². The van der Waals surface area contributed by atoms with Crippen molar-refractivity contribution in [3.8, 4) is 16.9 Å². The van der Waals surface area contributed by atoms with Gasteiger partial charge in [-0.2, -0.15) is 0 Å². The van der Waals surface area contributed by atoms with E-state index in [9.17, 15) is 4.79 Å². The first kappa shape index (κ1) is 20.3. The van der Waals surface area contributed by atoms with Crippen LogP contribution in [0.5, 0.6) is 5.75 Å². The molecule has 0 saturated heterocycles. The number of carbonyl (C=O) groups is 1. The van der Waals surface area contributed by atoms with E-state index in [0.717, 1.165) is 41.7 Å². The molecule has 1 amide bonds. The highest BCUT2D eigenvalue weighted by Gasteiger charge is 2.31. The molecule has 0 heterocycles. The van der Waals surface area contributed by atoms with E-state index in [1.807, 2.05) is 18.2 Å². The minimum atomic E-state index is 0. The summed E-state index contributed by atoms with van der Waals surface area (Å²) in [6, 6.07) is 16.3. The van der Waals surface area contributed by atoms with Gasteiger partial charge in [-0.15, -0.1) is 12.4 Å². The van der Waals surface area contributed by atoms with Gasteiger partial charge in [0.2, 0.25) is 5.91 Å². The molecule has 2 aromatic carbocycles. The maximum absolute atomic E-state index is 12.4. The van der Waals surface area contributed by atoms with E-state index in [-0.39, 0.29) is 24.2 Å². The molecule has 1 aliphatic rings. The molecular formula is C21H27ClN2O2. The third kappa shape index (κ3) is 4.77. The van der Waals surface area contributed by atoms with Gasteiger partial charge in [0.25, 0.3) is 0 Å². The number of methoxy groups -OCH3 is 1. The molecule has 140 valence electrons. The standard InChI is InChI=1S/C21H26N2O2.ClH/c1-25-19-6-2-4-17(12-19)16-10-8-15(9-11-16)14-23-21(24)20-7-3-5-18(20)13-22;/h2,4,6,8-12,18,20H,3,5,7,13-14,22H2,1H3,(H,23,24);1H/t18-,20-;/m1./s1. The van der Waals surface area contributed by atoms with E-state index in [1.54, 1.807) is 7.11 Å². The summed E-state index contributed by atoms with van der Waals surface area (Å²) in [7, 11) is 1.67. The van der Waals surface area contributed by atoms with Crippen molar-refractivity contribution in [3.05, 3.63) is 54.1 Å². The number of ether oxygens (including phenoxy) is 1. The van der Waals surface area contributed by atoms with Crippen molar-refractivity contribution in [1.29, 1.82) is 0 Å². The van der Waals surface area contributed by atoms with Crippen LogP contribution in [-0.2, 0) is 11.3 Å². The SMILES string of the molecule is COc1cccc(-c2ccc(CNC(=O)[C@@H]3CCC[C@@H]3CN)cc2)c1.Cl. The van der Waals surface area contributed by atoms with Crippen molar-refractivity contribution >= 4 is 18.3 Å². The van der Waals surface area contributed by atoms with Gasteiger partial charge < -0.3 is 15.8 Å². The lowest BCUT2D eigenvalue weighted by molar-refractivity contribution is -0.126. The van der Waals surface area contributed by atoms with Crippen LogP contribution in [0.2, 0.25) is 0 Å². The Kier molecular flexibility index (Phi) is 7.49. The van der Waals surface area contributed by atoms with Crippen LogP contribution < -0.4 is 15.8 Å². The zero-order valence-corrected chi connectivity index (χ0v) is 15.9. The smallest absolute Gasteiger partial charge is 0.223 e. The molecule has 0 radical (unpaired) electrons. The summed E-state index contributed by atoms with van der Waals surface area (Å²) in [5.41, 5.74) is 9.12. The van der Waals surface area contributed by atoms with Crippen molar-refractivity contribution < 1.29 is 9.53 Å². The fourth-order valence-corrected chi connectivity index (χ4v) is 3.60. The summed E-state index contributed by atoms with van der Waals surface area (Å²) in [6.07, 6.45) is 3.14. The lowest BCUT2D eigenvalue weighted by atomic mass is 9.95. The Morgan fingerprint density at radius 1 is 1.15 bits per heavy atom. The number of nitrogens with two attached hydrogens (primary N) is 1. The Labute approximate surface area is 161 Å². The van der Waals surface area contributed by atoms with Crippen LogP contribution in [0.25, 0.3) is 11.1 Å². The Bertz CT molecular complexity index is 718. The summed E-state index contributed by atoms with van der Waals surface area (Å²) < 4.78 is 5.28. The number of halogens is 1. The van der Waals surface area contributed by atoms with Gasteiger partial charge in [0.15, 0.2) is 0 Å².